The van der Waals surface area contributed by atoms with Crippen molar-refractivity contribution in [3.05, 3.63) is 65.2 Å². The predicted molar refractivity (Wildman–Crippen MR) is 113 cm³/mol. The number of hydrogen-bond acceptors (Lipinski definition) is 4. The van der Waals surface area contributed by atoms with Crippen molar-refractivity contribution >= 4 is 69.7 Å². The summed E-state index contributed by atoms with van der Waals surface area (Å²) >= 11 is 23.0. The lowest BCUT2D eigenvalue weighted by Gasteiger charge is -2.28. The standard InChI is InChI=1S/C18H16Cl3N3O3S/c1-10-6-8-11(9-7-10)14(25)23-16(18(19,20)21)24-17(28)22-13-5-3-2-4-12(13)15(26)27/h2-9,16H,1H3,(H,23,25)(H,26,27)(H2,22,24,28)/p-1. The smallest absolute Gasteiger partial charge is 0.252 e. The molecule has 0 heterocycles. The summed E-state index contributed by atoms with van der Waals surface area (Å²) < 4.78 is -1.94. The topological polar surface area (TPSA) is 93.3 Å². The van der Waals surface area contributed by atoms with Crippen LogP contribution >= 0.6 is 47.0 Å². The molecule has 0 aliphatic heterocycles. The Bertz CT molecular complexity index is 886. The number of hydrogen-bond donors (Lipinski definition) is 3. The van der Waals surface area contributed by atoms with Crippen molar-refractivity contribution in [2.24, 2.45) is 0 Å². The van der Waals surface area contributed by atoms with E-state index < -0.39 is 21.8 Å². The van der Waals surface area contributed by atoms with E-state index in [4.69, 9.17) is 47.0 Å². The van der Waals surface area contributed by atoms with Crippen LogP contribution in [0.3, 0.4) is 0 Å². The molecule has 2 rings (SSSR count). The van der Waals surface area contributed by atoms with Crippen LogP contribution in [0.25, 0.3) is 0 Å². The van der Waals surface area contributed by atoms with Crippen molar-refractivity contribution in [2.75, 3.05) is 5.32 Å². The number of carbonyl (C=O) groups is 2. The minimum Gasteiger partial charge on any atom is -0.545 e. The molecule has 6 nitrogen and oxygen atoms in total. The number of aryl methyl sites for hydroxylation is 1. The molecule has 0 fully saturated rings. The first-order valence-corrected chi connectivity index (χ1v) is 9.44. The second-order valence-corrected chi connectivity index (χ2v) is 8.52. The van der Waals surface area contributed by atoms with Gasteiger partial charge in [-0.05, 0) is 37.3 Å². The Labute approximate surface area is 182 Å². The molecule has 1 amide bonds. The maximum absolute atomic E-state index is 12.4. The number of anilines is 1. The summed E-state index contributed by atoms with van der Waals surface area (Å²) in [4.78, 5) is 23.6. The Morgan fingerprint density at radius 1 is 1.04 bits per heavy atom. The molecule has 10 heteroatoms. The largest absolute Gasteiger partial charge is 0.545 e. The number of carbonyl (C=O) groups excluding carboxylic acids is 2. The highest BCUT2D eigenvalue weighted by Crippen LogP contribution is 2.29. The van der Waals surface area contributed by atoms with E-state index in [1.165, 1.54) is 12.1 Å². The van der Waals surface area contributed by atoms with Gasteiger partial charge in [0.1, 0.15) is 6.17 Å². The normalized spacial score (nSPS) is 12.0. The fourth-order valence-electron chi connectivity index (χ4n) is 2.18. The quantitative estimate of drug-likeness (QED) is 0.362. The summed E-state index contributed by atoms with van der Waals surface area (Å²) in [6, 6.07) is 12.8. The molecular formula is C18H15Cl3N3O3S-. The first-order valence-electron chi connectivity index (χ1n) is 7.90. The summed E-state index contributed by atoms with van der Waals surface area (Å²) in [5.74, 6) is -1.86. The third kappa shape index (κ3) is 6.24. The number of rotatable bonds is 5. The van der Waals surface area contributed by atoms with Crippen molar-refractivity contribution in [1.82, 2.24) is 10.6 Å². The van der Waals surface area contributed by atoms with Gasteiger partial charge in [-0.15, -0.1) is 0 Å². The summed E-state index contributed by atoms with van der Waals surface area (Å²) in [5, 5.41) is 19.0. The average molecular weight is 460 g/mol. The van der Waals surface area contributed by atoms with Crippen LogP contribution in [0.1, 0.15) is 26.3 Å². The number of carboxylic acid groups (broad SMARTS) is 1. The summed E-state index contributed by atoms with van der Waals surface area (Å²) in [6.45, 7) is 1.89. The minimum atomic E-state index is -1.94. The molecule has 0 aromatic heterocycles. The molecule has 2 aromatic carbocycles. The Morgan fingerprint density at radius 3 is 2.21 bits per heavy atom. The van der Waals surface area contributed by atoms with Crippen molar-refractivity contribution in [2.45, 2.75) is 16.9 Å². The van der Waals surface area contributed by atoms with E-state index in [0.717, 1.165) is 5.56 Å². The van der Waals surface area contributed by atoms with E-state index in [1.807, 2.05) is 6.92 Å². The van der Waals surface area contributed by atoms with Gasteiger partial charge in [-0.1, -0.05) is 70.7 Å². The van der Waals surface area contributed by atoms with Crippen molar-refractivity contribution < 1.29 is 14.7 Å². The van der Waals surface area contributed by atoms with Gasteiger partial charge in [0.05, 0.1) is 5.97 Å². The third-order valence-corrected chi connectivity index (χ3v) is 4.46. The number of thiocarbonyl (C=S) groups is 1. The second kappa shape index (κ2) is 9.43. The van der Waals surface area contributed by atoms with Crippen LogP contribution in [0.15, 0.2) is 48.5 Å². The number of halogens is 3. The van der Waals surface area contributed by atoms with Crippen LogP contribution < -0.4 is 21.1 Å². The Balaban J connectivity index is 2.12. The Morgan fingerprint density at radius 2 is 1.64 bits per heavy atom. The summed E-state index contributed by atoms with van der Waals surface area (Å²) in [7, 11) is 0. The molecule has 0 saturated heterocycles. The molecule has 0 aliphatic carbocycles. The van der Waals surface area contributed by atoms with Crippen LogP contribution in [-0.2, 0) is 0 Å². The van der Waals surface area contributed by atoms with Gasteiger partial charge in [0.25, 0.3) is 5.91 Å². The summed E-state index contributed by atoms with van der Waals surface area (Å²) in [6.07, 6.45) is -1.19. The molecule has 3 N–H and O–H groups in total. The van der Waals surface area contributed by atoms with Crippen LogP contribution in [0, 0.1) is 6.92 Å². The number of alkyl halides is 3. The van der Waals surface area contributed by atoms with Crippen molar-refractivity contribution in [3.8, 4) is 0 Å². The molecule has 2 aromatic rings. The zero-order valence-electron chi connectivity index (χ0n) is 14.5. The van der Waals surface area contributed by atoms with Crippen LogP contribution in [0.2, 0.25) is 0 Å². The number of benzene rings is 2. The van der Waals surface area contributed by atoms with Crippen molar-refractivity contribution in [1.29, 1.82) is 0 Å². The summed E-state index contributed by atoms with van der Waals surface area (Å²) in [5.41, 5.74) is 1.45. The first-order chi connectivity index (χ1) is 13.1. The maximum atomic E-state index is 12.4. The molecule has 0 radical (unpaired) electrons. The Hall–Kier alpha value is -2.06. The van der Waals surface area contributed by atoms with E-state index in [2.05, 4.69) is 16.0 Å². The van der Waals surface area contributed by atoms with Gasteiger partial charge >= 0.3 is 0 Å². The minimum absolute atomic E-state index is 0.0609. The van der Waals surface area contributed by atoms with Crippen molar-refractivity contribution in [3.63, 3.8) is 0 Å². The van der Waals surface area contributed by atoms with Gasteiger partial charge < -0.3 is 25.9 Å². The van der Waals surface area contributed by atoms with Crippen LogP contribution in [-0.4, -0.2) is 26.9 Å². The Kier molecular flexibility index (Phi) is 7.48. The van der Waals surface area contributed by atoms with Crippen LogP contribution in [0.4, 0.5) is 5.69 Å². The highest BCUT2D eigenvalue weighted by Gasteiger charge is 2.35. The monoisotopic (exact) mass is 458 g/mol. The predicted octanol–water partition coefficient (Wildman–Crippen LogP) is 2.77. The van der Waals surface area contributed by atoms with Gasteiger partial charge in [0.2, 0.25) is 3.79 Å². The van der Waals surface area contributed by atoms with E-state index in [-0.39, 0.29) is 16.4 Å². The van der Waals surface area contributed by atoms with E-state index in [9.17, 15) is 14.7 Å². The van der Waals surface area contributed by atoms with Gasteiger partial charge in [0.15, 0.2) is 5.11 Å². The van der Waals surface area contributed by atoms with E-state index in [1.54, 1.807) is 36.4 Å². The van der Waals surface area contributed by atoms with Gasteiger partial charge in [0, 0.05) is 16.8 Å². The highest BCUT2D eigenvalue weighted by atomic mass is 35.6. The lowest BCUT2D eigenvalue weighted by Crippen LogP contribution is -2.56. The van der Waals surface area contributed by atoms with Gasteiger partial charge in [-0.25, -0.2) is 0 Å². The average Bonchev–Trinajstić information content (AvgIpc) is 2.61. The third-order valence-electron chi connectivity index (χ3n) is 3.59. The van der Waals surface area contributed by atoms with Gasteiger partial charge in [-0.3, -0.25) is 4.79 Å². The lowest BCUT2D eigenvalue weighted by atomic mass is 10.1. The van der Waals surface area contributed by atoms with E-state index >= 15 is 0 Å². The fraction of sp³-hybridized carbons (Fsp3) is 0.167. The molecule has 1 unspecified atom stereocenters. The van der Waals surface area contributed by atoms with E-state index in [0.29, 0.717) is 5.56 Å². The molecule has 0 spiro atoms. The zero-order chi connectivity index (χ0) is 20.9. The number of amides is 1. The molecule has 0 bridgehead atoms. The lowest BCUT2D eigenvalue weighted by molar-refractivity contribution is -0.254. The number of carboxylic acids is 1. The second-order valence-electron chi connectivity index (χ2n) is 5.75. The number of aromatic carboxylic acids is 1. The molecule has 28 heavy (non-hydrogen) atoms. The SMILES string of the molecule is Cc1ccc(C(=O)NC(NC(=S)Nc2ccccc2C(=O)[O-])C(Cl)(Cl)Cl)cc1. The molecular weight excluding hydrogens is 445 g/mol. The van der Waals surface area contributed by atoms with Gasteiger partial charge in [-0.2, -0.15) is 0 Å². The first kappa shape index (κ1) is 22.2. The molecule has 1 atom stereocenters. The van der Waals surface area contributed by atoms with Crippen LogP contribution in [0.5, 0.6) is 0 Å². The number of nitrogens with one attached hydrogen (secondary N) is 3. The molecule has 0 saturated carbocycles. The molecule has 0 aliphatic rings. The molecule has 148 valence electrons. The fourth-order valence-corrected chi connectivity index (χ4v) is 2.73. The zero-order valence-corrected chi connectivity index (χ0v) is 17.5. The number of para-hydroxylation sites is 1. The maximum Gasteiger partial charge on any atom is 0.252 e. The highest BCUT2D eigenvalue weighted by molar-refractivity contribution is 7.80.